The van der Waals surface area contributed by atoms with Crippen LogP contribution in [0.5, 0.6) is 5.75 Å². The van der Waals surface area contributed by atoms with Crippen LogP contribution >= 0.6 is 6.64 Å². The lowest BCUT2D eigenvalue weighted by Gasteiger charge is -2.29. The summed E-state index contributed by atoms with van der Waals surface area (Å²) < 4.78 is 24.5. The van der Waals surface area contributed by atoms with E-state index < -0.39 is 53.9 Å². The Hall–Kier alpha value is -3.16. The van der Waals surface area contributed by atoms with Crippen LogP contribution in [0, 0.1) is 0 Å². The SMILES string of the molecule is CC(C)OC(=O)C(Cc1ccccc1)NP(=S)(OC[C@H]1O[C@@H](n2ccc(=O)[nH]c2=O)[C@](C)(O)[C@@H]1O)Oc1ccccc1. The molecule has 1 saturated heterocycles. The van der Waals surface area contributed by atoms with Gasteiger partial charge < -0.3 is 28.7 Å². The van der Waals surface area contributed by atoms with E-state index in [-0.39, 0.29) is 19.1 Å². The van der Waals surface area contributed by atoms with E-state index in [9.17, 15) is 24.6 Å². The summed E-state index contributed by atoms with van der Waals surface area (Å²) in [6.45, 7) is 0.828. The fraction of sp³-hybridized carbons (Fsp3) is 0.393. The molecule has 3 aromatic rings. The van der Waals surface area contributed by atoms with E-state index in [2.05, 4.69) is 10.1 Å². The highest BCUT2D eigenvalue weighted by molar-refractivity contribution is 8.09. The minimum absolute atomic E-state index is 0.223. The number of benzene rings is 2. The topological polar surface area (TPSA) is 161 Å². The average Bonchev–Trinajstić information content (AvgIpc) is 3.16. The number of aromatic nitrogens is 2. The van der Waals surface area contributed by atoms with Crippen LogP contribution in [0.25, 0.3) is 0 Å². The normalized spacial score (nSPS) is 24.2. The first kappa shape index (κ1) is 31.8. The Morgan fingerprint density at radius 3 is 2.40 bits per heavy atom. The van der Waals surface area contributed by atoms with E-state index in [0.29, 0.717) is 5.75 Å². The van der Waals surface area contributed by atoms with Crippen LogP contribution < -0.4 is 20.9 Å². The van der Waals surface area contributed by atoms with Crippen LogP contribution in [0.4, 0.5) is 0 Å². The van der Waals surface area contributed by atoms with Crippen molar-refractivity contribution in [3.8, 4) is 5.75 Å². The number of para-hydroxylation sites is 1. The van der Waals surface area contributed by atoms with Crippen LogP contribution in [0.2, 0.25) is 0 Å². The van der Waals surface area contributed by atoms with Gasteiger partial charge in [0.1, 0.15) is 29.6 Å². The first-order valence-electron chi connectivity index (χ1n) is 13.3. The van der Waals surface area contributed by atoms with E-state index >= 15 is 0 Å². The van der Waals surface area contributed by atoms with Crippen molar-refractivity contribution in [2.24, 2.45) is 0 Å². The van der Waals surface area contributed by atoms with Crippen LogP contribution in [-0.4, -0.2) is 62.3 Å². The van der Waals surface area contributed by atoms with Crippen molar-refractivity contribution < 1.29 is 33.5 Å². The van der Waals surface area contributed by atoms with Gasteiger partial charge >= 0.3 is 18.3 Å². The van der Waals surface area contributed by atoms with Crippen molar-refractivity contribution in [3.63, 3.8) is 0 Å². The molecule has 2 heterocycles. The molecule has 0 aliphatic carbocycles. The number of aromatic amines is 1. The van der Waals surface area contributed by atoms with Gasteiger partial charge in [0.15, 0.2) is 6.23 Å². The Morgan fingerprint density at radius 2 is 1.79 bits per heavy atom. The predicted octanol–water partition coefficient (Wildman–Crippen LogP) is 2.02. The third-order valence-electron chi connectivity index (χ3n) is 6.47. The number of aliphatic hydroxyl groups excluding tert-OH is 1. The number of nitrogens with one attached hydrogen (secondary N) is 2. The Balaban J connectivity index is 1.59. The van der Waals surface area contributed by atoms with Gasteiger partial charge in [0.05, 0.1) is 12.7 Å². The zero-order valence-electron chi connectivity index (χ0n) is 23.3. The molecule has 0 bridgehead atoms. The van der Waals surface area contributed by atoms with Gasteiger partial charge in [0, 0.05) is 12.3 Å². The van der Waals surface area contributed by atoms with Gasteiger partial charge in [-0.25, -0.2) is 9.88 Å². The summed E-state index contributed by atoms with van der Waals surface area (Å²) in [6, 6.07) is 18.1. The summed E-state index contributed by atoms with van der Waals surface area (Å²) >= 11 is 5.85. The molecule has 2 unspecified atom stereocenters. The number of H-pyrrole nitrogens is 1. The molecule has 226 valence electrons. The van der Waals surface area contributed by atoms with Gasteiger partial charge in [0.2, 0.25) is 0 Å². The molecular weight excluding hydrogens is 585 g/mol. The highest BCUT2D eigenvalue weighted by Gasteiger charge is 2.54. The summed E-state index contributed by atoms with van der Waals surface area (Å²) in [7, 11) is 0. The maximum absolute atomic E-state index is 13.2. The minimum Gasteiger partial charge on any atom is -0.462 e. The van der Waals surface area contributed by atoms with E-state index in [1.807, 2.05) is 30.3 Å². The molecule has 42 heavy (non-hydrogen) atoms. The second kappa shape index (κ2) is 13.4. The van der Waals surface area contributed by atoms with Crippen LogP contribution in [0.1, 0.15) is 32.6 Å². The molecular formula is C28H34N3O9PS. The first-order valence-corrected chi connectivity index (χ1v) is 15.9. The fourth-order valence-electron chi connectivity index (χ4n) is 4.41. The Kier molecular flexibility index (Phi) is 10.2. The van der Waals surface area contributed by atoms with Gasteiger partial charge in [0.25, 0.3) is 5.56 Å². The summed E-state index contributed by atoms with van der Waals surface area (Å²) in [5, 5.41) is 25.1. The molecule has 0 spiro atoms. The molecule has 2 aromatic carbocycles. The zero-order valence-corrected chi connectivity index (χ0v) is 25.0. The Bertz CT molecular complexity index is 1510. The highest BCUT2D eigenvalue weighted by Crippen LogP contribution is 2.47. The van der Waals surface area contributed by atoms with Crippen molar-refractivity contribution in [1.29, 1.82) is 0 Å². The molecule has 4 N–H and O–H groups in total. The molecule has 1 aliphatic heterocycles. The van der Waals surface area contributed by atoms with E-state index in [1.165, 1.54) is 6.92 Å². The van der Waals surface area contributed by atoms with Gasteiger partial charge in [-0.05, 0) is 56.7 Å². The summed E-state index contributed by atoms with van der Waals surface area (Å²) in [5.74, 6) is -0.178. The van der Waals surface area contributed by atoms with Crippen molar-refractivity contribution in [2.75, 3.05) is 6.61 Å². The van der Waals surface area contributed by atoms with Gasteiger partial charge in [-0.15, -0.1) is 0 Å². The minimum atomic E-state index is -3.57. The van der Waals surface area contributed by atoms with Gasteiger partial charge in [-0.2, -0.15) is 0 Å². The number of carbonyl (C=O) groups excluding carboxylic acids is 1. The highest BCUT2D eigenvalue weighted by atomic mass is 32.5. The lowest BCUT2D eigenvalue weighted by molar-refractivity contribution is -0.149. The standard InChI is InChI=1S/C28H34N3O9PS/c1-18(2)38-25(34)21(16-19-10-6-4-7-11-19)30-41(42,40-20-12-8-5-9-13-20)37-17-22-24(33)28(3,36)26(39-22)31-15-14-23(32)29-27(31)35/h4-15,18,21-22,24,26,33,36H,16-17H2,1-3H3,(H,30,42)(H,29,32,35)/t21?,22-,24-,26-,28-,41?/m1/s1. The van der Waals surface area contributed by atoms with Crippen molar-refractivity contribution >= 4 is 24.4 Å². The van der Waals surface area contributed by atoms with Gasteiger partial charge in [-0.1, -0.05) is 48.5 Å². The molecule has 1 fully saturated rings. The predicted molar refractivity (Wildman–Crippen MR) is 157 cm³/mol. The van der Waals surface area contributed by atoms with Crippen LogP contribution in [0.3, 0.4) is 0 Å². The Labute approximate surface area is 247 Å². The maximum Gasteiger partial charge on any atom is 0.330 e. The smallest absolute Gasteiger partial charge is 0.330 e. The van der Waals surface area contributed by atoms with Crippen LogP contribution in [-0.2, 0) is 37.0 Å². The number of aliphatic hydroxyl groups is 2. The molecule has 0 amide bonds. The molecule has 12 nitrogen and oxygen atoms in total. The summed E-state index contributed by atoms with van der Waals surface area (Å²) in [4.78, 5) is 39.2. The second-order valence-electron chi connectivity index (χ2n) is 10.3. The van der Waals surface area contributed by atoms with E-state index in [0.717, 1.165) is 22.4 Å². The van der Waals surface area contributed by atoms with Crippen molar-refractivity contribution in [2.45, 2.75) is 63.4 Å². The number of rotatable bonds is 12. The van der Waals surface area contributed by atoms with Crippen molar-refractivity contribution in [3.05, 3.63) is 99.3 Å². The largest absolute Gasteiger partial charge is 0.462 e. The summed E-state index contributed by atoms with van der Waals surface area (Å²) in [6.07, 6.45) is -3.03. The van der Waals surface area contributed by atoms with Crippen LogP contribution in [0.15, 0.2) is 82.5 Å². The lowest BCUT2D eigenvalue weighted by atomic mass is 9.96. The number of ether oxygens (including phenoxy) is 2. The molecule has 0 radical (unpaired) electrons. The zero-order chi connectivity index (χ0) is 30.5. The number of carbonyl (C=O) groups is 1. The van der Waals surface area contributed by atoms with Crippen molar-refractivity contribution in [1.82, 2.24) is 14.6 Å². The number of esters is 1. The number of nitrogens with zero attached hydrogens (tertiary/aromatic N) is 1. The monoisotopic (exact) mass is 619 g/mol. The van der Waals surface area contributed by atoms with E-state index in [4.69, 9.17) is 30.3 Å². The number of hydrogen-bond acceptors (Lipinski definition) is 10. The quantitative estimate of drug-likeness (QED) is 0.173. The molecule has 14 heteroatoms. The van der Waals surface area contributed by atoms with Gasteiger partial charge in [-0.3, -0.25) is 19.1 Å². The molecule has 4 rings (SSSR count). The maximum atomic E-state index is 13.2. The lowest BCUT2D eigenvalue weighted by Crippen LogP contribution is -2.47. The first-order chi connectivity index (χ1) is 19.9. The Morgan fingerprint density at radius 1 is 1.14 bits per heavy atom. The average molecular weight is 620 g/mol. The fourth-order valence-corrected chi connectivity index (χ4v) is 6.73. The molecule has 0 saturated carbocycles. The number of hydrogen-bond donors (Lipinski definition) is 4. The second-order valence-corrected chi connectivity index (χ2v) is 13.4. The third kappa shape index (κ3) is 7.81. The third-order valence-corrected chi connectivity index (χ3v) is 8.89. The molecule has 1 aromatic heterocycles. The molecule has 6 atom stereocenters. The van der Waals surface area contributed by atoms with E-state index in [1.54, 1.807) is 44.2 Å². The molecule has 1 aliphatic rings. The summed E-state index contributed by atoms with van der Waals surface area (Å²) in [5.41, 5.74) is -2.55.